The SMILES string of the molecule is CC/C=C/C/C=C/C/C=C/C/C=C/C/C=C/C/C=C/CCCC(=O)OC(COCCC(C(=O)[O-])[N+](C)(C)C)COC(=O)CCCCCCCCC/C=C/CCCCCCCCCCCCC. The van der Waals surface area contributed by atoms with Crippen LogP contribution in [0.5, 0.6) is 0 Å². The molecule has 0 aromatic rings. The maximum Gasteiger partial charge on any atom is 0.306 e. The van der Waals surface area contributed by atoms with Crippen molar-refractivity contribution in [2.24, 2.45) is 0 Å². The number of carboxylic acids is 1. The fourth-order valence-electron chi connectivity index (χ4n) is 7.43. The average Bonchev–Trinajstić information content (AvgIpc) is 3.28. The molecule has 0 aromatic heterocycles. The summed E-state index contributed by atoms with van der Waals surface area (Å²) in [6.07, 6.45) is 63.4. The number of ether oxygens (including phenoxy) is 3. The number of hydrogen-bond acceptors (Lipinski definition) is 7. The third kappa shape index (κ3) is 45.7. The molecule has 8 nitrogen and oxygen atoms in total. The Morgan fingerprint density at radius 3 is 1.32 bits per heavy atom. The van der Waals surface area contributed by atoms with Gasteiger partial charge in [-0.15, -0.1) is 0 Å². The van der Waals surface area contributed by atoms with E-state index in [4.69, 9.17) is 14.2 Å². The molecular weight excluding hydrogens is 823 g/mol. The van der Waals surface area contributed by atoms with Crippen LogP contribution >= 0.6 is 0 Å². The first kappa shape index (κ1) is 62.5. The molecule has 0 aliphatic rings. The standard InChI is InChI=1S/C58H99NO7/c1-6-8-10-12-14-16-18-20-22-24-26-28-29-31-32-34-36-38-40-42-44-46-48-56(60)65-53-54(52-64-51-50-55(58(62)63)59(3,4)5)66-57(61)49-47-45-43-41-39-37-35-33-30-27-25-23-21-19-17-15-13-11-9-7-2/h9,11,15,17,21,23,27,29-31,35,37,41,43,54-55H,6-8,10,12-14,16,18-20,22,24-26,28,32-34,36,38-40,42,44-53H2,1-5H3/b11-9+,17-15+,23-21+,30-27+,31-29+,37-35+,43-41+. The number of esters is 2. The monoisotopic (exact) mass is 922 g/mol. The Morgan fingerprint density at radius 1 is 0.470 bits per heavy atom. The highest BCUT2D eigenvalue weighted by atomic mass is 16.6. The predicted octanol–water partition coefficient (Wildman–Crippen LogP) is 14.3. The van der Waals surface area contributed by atoms with E-state index in [0.717, 1.165) is 64.2 Å². The summed E-state index contributed by atoms with van der Waals surface area (Å²) in [5, 5.41) is 11.7. The number of carbonyl (C=O) groups is 3. The van der Waals surface area contributed by atoms with Crippen LogP contribution in [0.2, 0.25) is 0 Å². The van der Waals surface area contributed by atoms with Gasteiger partial charge in [-0.1, -0.05) is 195 Å². The lowest BCUT2D eigenvalue weighted by Crippen LogP contribution is -2.55. The largest absolute Gasteiger partial charge is 0.544 e. The van der Waals surface area contributed by atoms with Crippen LogP contribution in [0, 0.1) is 0 Å². The molecule has 0 bridgehead atoms. The van der Waals surface area contributed by atoms with Gasteiger partial charge in [0, 0.05) is 19.3 Å². The van der Waals surface area contributed by atoms with Crippen LogP contribution in [0.25, 0.3) is 0 Å². The molecule has 0 aliphatic carbocycles. The molecule has 378 valence electrons. The number of unbranched alkanes of at least 4 members (excludes halogenated alkanes) is 19. The summed E-state index contributed by atoms with van der Waals surface area (Å²) in [6, 6.07) is -0.742. The van der Waals surface area contributed by atoms with Crippen molar-refractivity contribution in [2.75, 3.05) is 41.0 Å². The zero-order chi connectivity index (χ0) is 48.4. The smallest absolute Gasteiger partial charge is 0.306 e. The second-order valence-electron chi connectivity index (χ2n) is 18.7. The lowest BCUT2D eigenvalue weighted by atomic mass is 10.0. The highest BCUT2D eigenvalue weighted by Gasteiger charge is 2.25. The summed E-state index contributed by atoms with van der Waals surface area (Å²) in [4.78, 5) is 37.0. The zero-order valence-electron chi connectivity index (χ0n) is 43.1. The van der Waals surface area contributed by atoms with Crippen molar-refractivity contribution in [2.45, 2.75) is 225 Å². The average molecular weight is 922 g/mol. The molecular formula is C58H99NO7. The predicted molar refractivity (Wildman–Crippen MR) is 277 cm³/mol. The van der Waals surface area contributed by atoms with E-state index >= 15 is 0 Å². The van der Waals surface area contributed by atoms with Crippen molar-refractivity contribution in [1.82, 2.24) is 0 Å². The Labute approximate surface area is 405 Å². The minimum atomic E-state index is -1.14. The van der Waals surface area contributed by atoms with Gasteiger partial charge in [0.25, 0.3) is 0 Å². The van der Waals surface area contributed by atoms with E-state index in [1.54, 1.807) is 21.1 Å². The van der Waals surface area contributed by atoms with Crippen molar-refractivity contribution < 1.29 is 38.2 Å². The molecule has 0 spiro atoms. The van der Waals surface area contributed by atoms with E-state index in [9.17, 15) is 19.5 Å². The Bertz CT molecular complexity index is 1350. The minimum Gasteiger partial charge on any atom is -0.544 e. The molecule has 66 heavy (non-hydrogen) atoms. The van der Waals surface area contributed by atoms with E-state index in [1.807, 2.05) is 0 Å². The highest BCUT2D eigenvalue weighted by molar-refractivity contribution is 5.70. The maximum absolute atomic E-state index is 12.8. The molecule has 0 aliphatic heterocycles. The first-order valence-corrected chi connectivity index (χ1v) is 26.6. The third-order valence-electron chi connectivity index (χ3n) is 11.5. The van der Waals surface area contributed by atoms with E-state index in [2.05, 4.69) is 98.9 Å². The van der Waals surface area contributed by atoms with Gasteiger partial charge in [0.15, 0.2) is 6.10 Å². The Hall–Kier alpha value is -3.49. The van der Waals surface area contributed by atoms with Gasteiger partial charge in [0.2, 0.25) is 0 Å². The van der Waals surface area contributed by atoms with Crippen LogP contribution < -0.4 is 5.11 Å². The fourth-order valence-corrected chi connectivity index (χ4v) is 7.43. The second-order valence-corrected chi connectivity index (χ2v) is 18.7. The topological polar surface area (TPSA) is 102 Å². The normalized spacial score (nSPS) is 13.5. The molecule has 2 atom stereocenters. The van der Waals surface area contributed by atoms with Crippen LogP contribution in [0.1, 0.15) is 213 Å². The third-order valence-corrected chi connectivity index (χ3v) is 11.5. The van der Waals surface area contributed by atoms with E-state index in [0.29, 0.717) is 12.8 Å². The molecule has 0 saturated heterocycles. The second kappa shape index (κ2) is 48.0. The Morgan fingerprint density at radius 2 is 0.864 bits per heavy atom. The Kier molecular flexibility index (Phi) is 45.4. The van der Waals surface area contributed by atoms with Gasteiger partial charge in [-0.25, -0.2) is 0 Å². The molecule has 0 radical (unpaired) electrons. The molecule has 0 saturated carbocycles. The molecule has 0 heterocycles. The number of carboxylic acid groups (broad SMARTS) is 1. The minimum absolute atomic E-state index is 0.0122. The summed E-state index contributed by atoms with van der Waals surface area (Å²) in [5.41, 5.74) is 0. The molecule has 0 rings (SSSR count). The van der Waals surface area contributed by atoms with Crippen LogP contribution in [-0.2, 0) is 28.6 Å². The number of likely N-dealkylation sites (N-methyl/N-ethyl adjacent to an activating group) is 1. The molecule has 8 heteroatoms. The number of aliphatic carboxylic acids is 1. The summed E-state index contributed by atoms with van der Waals surface area (Å²) in [5.74, 6) is -1.82. The maximum atomic E-state index is 12.8. The van der Waals surface area contributed by atoms with Gasteiger partial charge >= 0.3 is 11.9 Å². The van der Waals surface area contributed by atoms with Gasteiger partial charge in [0.05, 0.1) is 40.3 Å². The Balaban J connectivity index is 4.33. The van der Waals surface area contributed by atoms with Gasteiger partial charge in [-0.2, -0.15) is 0 Å². The number of allylic oxidation sites excluding steroid dienone is 14. The molecule has 0 N–H and O–H groups in total. The number of rotatable bonds is 47. The lowest BCUT2D eigenvalue weighted by Gasteiger charge is -2.34. The summed E-state index contributed by atoms with van der Waals surface area (Å²) >= 11 is 0. The molecule has 0 fully saturated rings. The van der Waals surface area contributed by atoms with Crippen molar-refractivity contribution in [3.8, 4) is 0 Å². The van der Waals surface area contributed by atoms with Crippen molar-refractivity contribution in [3.05, 3.63) is 85.1 Å². The van der Waals surface area contributed by atoms with Crippen LogP contribution in [0.4, 0.5) is 0 Å². The zero-order valence-corrected chi connectivity index (χ0v) is 43.1. The van der Waals surface area contributed by atoms with E-state index in [1.165, 1.54) is 109 Å². The molecule has 0 amide bonds. The first-order valence-electron chi connectivity index (χ1n) is 26.6. The van der Waals surface area contributed by atoms with Gasteiger partial charge in [-0.3, -0.25) is 9.59 Å². The number of hydrogen-bond donors (Lipinski definition) is 0. The lowest BCUT2D eigenvalue weighted by molar-refractivity contribution is -0.889. The number of quaternary nitrogens is 1. The first-order chi connectivity index (χ1) is 32.1. The number of carbonyl (C=O) groups excluding carboxylic acids is 3. The van der Waals surface area contributed by atoms with Crippen molar-refractivity contribution in [1.29, 1.82) is 0 Å². The summed E-state index contributed by atoms with van der Waals surface area (Å²) in [6.45, 7) is 4.49. The van der Waals surface area contributed by atoms with Gasteiger partial charge < -0.3 is 28.6 Å². The van der Waals surface area contributed by atoms with E-state index in [-0.39, 0.29) is 49.1 Å². The van der Waals surface area contributed by atoms with Crippen LogP contribution in [0.3, 0.4) is 0 Å². The van der Waals surface area contributed by atoms with Crippen molar-refractivity contribution in [3.63, 3.8) is 0 Å². The summed E-state index contributed by atoms with van der Waals surface area (Å²) < 4.78 is 17.2. The quantitative estimate of drug-likeness (QED) is 0.0259. The van der Waals surface area contributed by atoms with Crippen LogP contribution in [-0.4, -0.2) is 75.5 Å². The van der Waals surface area contributed by atoms with E-state index < -0.39 is 18.1 Å². The van der Waals surface area contributed by atoms with Gasteiger partial charge in [0.1, 0.15) is 12.6 Å². The van der Waals surface area contributed by atoms with Crippen molar-refractivity contribution >= 4 is 17.9 Å². The fraction of sp³-hybridized carbons (Fsp3) is 0.707. The number of nitrogens with zero attached hydrogens (tertiary/aromatic N) is 1. The van der Waals surface area contributed by atoms with Gasteiger partial charge in [-0.05, 0) is 83.5 Å². The highest BCUT2D eigenvalue weighted by Crippen LogP contribution is 2.14. The molecule has 0 aromatic carbocycles. The molecule has 2 unspecified atom stereocenters. The summed E-state index contributed by atoms with van der Waals surface area (Å²) in [7, 11) is 5.39. The van der Waals surface area contributed by atoms with Crippen LogP contribution in [0.15, 0.2) is 85.1 Å².